The number of rotatable bonds is 4. The molecule has 1 aliphatic heterocycles. The summed E-state index contributed by atoms with van der Waals surface area (Å²) in [4.78, 5) is 18.2. The number of nitrogens with zero attached hydrogens (tertiary/aromatic N) is 2. The SMILES string of the molecule is CCN1CCCC1CNC(=O)c1ccncc1. The predicted molar refractivity (Wildman–Crippen MR) is 66.8 cm³/mol. The van der Waals surface area contributed by atoms with E-state index in [1.54, 1.807) is 24.5 Å². The monoisotopic (exact) mass is 233 g/mol. The number of hydrogen-bond acceptors (Lipinski definition) is 3. The van der Waals surface area contributed by atoms with Crippen LogP contribution in [0.4, 0.5) is 0 Å². The number of likely N-dealkylation sites (N-methyl/N-ethyl adjacent to an activating group) is 1. The largest absolute Gasteiger partial charge is 0.350 e. The third-order valence-corrected chi connectivity index (χ3v) is 3.35. The third kappa shape index (κ3) is 3.03. The van der Waals surface area contributed by atoms with Crippen molar-refractivity contribution in [3.05, 3.63) is 30.1 Å². The molecule has 1 amide bonds. The Hall–Kier alpha value is -1.42. The van der Waals surface area contributed by atoms with Crippen molar-refractivity contribution in [2.45, 2.75) is 25.8 Å². The Morgan fingerprint density at radius 3 is 3.00 bits per heavy atom. The van der Waals surface area contributed by atoms with E-state index in [4.69, 9.17) is 0 Å². The zero-order valence-electron chi connectivity index (χ0n) is 10.2. The van der Waals surface area contributed by atoms with Gasteiger partial charge < -0.3 is 5.32 Å². The van der Waals surface area contributed by atoms with E-state index in [0.717, 1.165) is 19.6 Å². The van der Waals surface area contributed by atoms with Gasteiger partial charge in [0.15, 0.2) is 0 Å². The molecule has 1 fully saturated rings. The lowest BCUT2D eigenvalue weighted by molar-refractivity contribution is 0.0941. The molecule has 0 spiro atoms. The number of likely N-dealkylation sites (tertiary alicyclic amines) is 1. The maximum Gasteiger partial charge on any atom is 0.251 e. The van der Waals surface area contributed by atoms with Crippen molar-refractivity contribution in [1.29, 1.82) is 0 Å². The maximum atomic E-state index is 11.8. The van der Waals surface area contributed by atoms with E-state index >= 15 is 0 Å². The second-order valence-corrected chi connectivity index (χ2v) is 4.37. The molecule has 0 saturated carbocycles. The van der Waals surface area contributed by atoms with Crippen LogP contribution in [0.3, 0.4) is 0 Å². The highest BCUT2D eigenvalue weighted by Crippen LogP contribution is 2.15. The molecule has 0 aromatic carbocycles. The molecule has 92 valence electrons. The fraction of sp³-hybridized carbons (Fsp3) is 0.538. The second-order valence-electron chi connectivity index (χ2n) is 4.37. The second kappa shape index (κ2) is 5.77. The molecule has 4 heteroatoms. The summed E-state index contributed by atoms with van der Waals surface area (Å²) in [5.74, 6) is -0.00430. The molecule has 2 rings (SSSR count). The van der Waals surface area contributed by atoms with Crippen LogP contribution in [0, 0.1) is 0 Å². The van der Waals surface area contributed by atoms with Crippen LogP contribution in [-0.4, -0.2) is 41.5 Å². The quantitative estimate of drug-likeness (QED) is 0.852. The topological polar surface area (TPSA) is 45.2 Å². The molecule has 0 radical (unpaired) electrons. The van der Waals surface area contributed by atoms with Crippen LogP contribution in [-0.2, 0) is 0 Å². The van der Waals surface area contributed by atoms with Gasteiger partial charge in [0.25, 0.3) is 5.91 Å². The van der Waals surface area contributed by atoms with E-state index in [0.29, 0.717) is 11.6 Å². The number of carbonyl (C=O) groups excluding carboxylic acids is 1. The molecule has 1 aliphatic rings. The molecular formula is C13H19N3O. The van der Waals surface area contributed by atoms with Gasteiger partial charge in [0.1, 0.15) is 0 Å². The maximum absolute atomic E-state index is 11.8. The summed E-state index contributed by atoms with van der Waals surface area (Å²) >= 11 is 0. The zero-order valence-corrected chi connectivity index (χ0v) is 10.2. The number of carbonyl (C=O) groups is 1. The van der Waals surface area contributed by atoms with Crippen LogP contribution >= 0.6 is 0 Å². The predicted octanol–water partition coefficient (Wildman–Crippen LogP) is 1.30. The van der Waals surface area contributed by atoms with E-state index in [1.807, 2.05) is 0 Å². The fourth-order valence-corrected chi connectivity index (χ4v) is 2.36. The Labute approximate surface area is 102 Å². The summed E-state index contributed by atoms with van der Waals surface area (Å²) in [5.41, 5.74) is 0.682. The Kier molecular flexibility index (Phi) is 4.09. The molecule has 1 aromatic rings. The first-order valence-corrected chi connectivity index (χ1v) is 6.23. The van der Waals surface area contributed by atoms with Gasteiger partial charge in [-0.3, -0.25) is 14.7 Å². The van der Waals surface area contributed by atoms with Crippen molar-refractivity contribution in [3.8, 4) is 0 Å². The van der Waals surface area contributed by atoms with Gasteiger partial charge in [-0.25, -0.2) is 0 Å². The Bertz CT molecular complexity index is 366. The van der Waals surface area contributed by atoms with Gasteiger partial charge in [-0.2, -0.15) is 0 Å². The van der Waals surface area contributed by atoms with Gasteiger partial charge in [-0.15, -0.1) is 0 Å². The minimum Gasteiger partial charge on any atom is -0.350 e. The smallest absolute Gasteiger partial charge is 0.251 e. The minimum atomic E-state index is -0.00430. The van der Waals surface area contributed by atoms with Gasteiger partial charge >= 0.3 is 0 Å². The molecule has 1 atom stereocenters. The van der Waals surface area contributed by atoms with Crippen molar-refractivity contribution >= 4 is 5.91 Å². The van der Waals surface area contributed by atoms with Crippen LogP contribution in [0.5, 0.6) is 0 Å². The van der Waals surface area contributed by atoms with Gasteiger partial charge in [-0.05, 0) is 38.1 Å². The average Bonchev–Trinajstić information content (AvgIpc) is 2.84. The Balaban J connectivity index is 1.84. The highest BCUT2D eigenvalue weighted by Gasteiger charge is 2.23. The highest BCUT2D eigenvalue weighted by atomic mass is 16.1. The van der Waals surface area contributed by atoms with Crippen molar-refractivity contribution < 1.29 is 4.79 Å². The lowest BCUT2D eigenvalue weighted by Gasteiger charge is -2.22. The van der Waals surface area contributed by atoms with Crippen LogP contribution in [0.1, 0.15) is 30.1 Å². The summed E-state index contributed by atoms with van der Waals surface area (Å²) in [7, 11) is 0. The molecule has 4 nitrogen and oxygen atoms in total. The van der Waals surface area contributed by atoms with Crippen LogP contribution < -0.4 is 5.32 Å². The van der Waals surface area contributed by atoms with E-state index < -0.39 is 0 Å². The summed E-state index contributed by atoms with van der Waals surface area (Å²) in [5, 5.41) is 3.00. The third-order valence-electron chi connectivity index (χ3n) is 3.35. The van der Waals surface area contributed by atoms with Gasteiger partial charge in [-0.1, -0.05) is 6.92 Å². The lowest BCUT2D eigenvalue weighted by atomic mass is 10.2. The fourth-order valence-electron chi connectivity index (χ4n) is 2.36. The van der Waals surface area contributed by atoms with Gasteiger partial charge in [0.2, 0.25) is 0 Å². The van der Waals surface area contributed by atoms with Crippen molar-refractivity contribution in [3.63, 3.8) is 0 Å². The standard InChI is InChI=1S/C13H19N3O/c1-2-16-9-3-4-12(16)10-15-13(17)11-5-7-14-8-6-11/h5-8,12H,2-4,9-10H2,1H3,(H,15,17). The van der Waals surface area contributed by atoms with E-state index in [2.05, 4.69) is 22.1 Å². The van der Waals surface area contributed by atoms with Crippen LogP contribution in [0.2, 0.25) is 0 Å². The van der Waals surface area contributed by atoms with Crippen LogP contribution in [0.25, 0.3) is 0 Å². The molecule has 1 aromatic heterocycles. The van der Waals surface area contributed by atoms with Crippen LogP contribution in [0.15, 0.2) is 24.5 Å². The molecule has 1 N–H and O–H groups in total. The van der Waals surface area contributed by atoms with E-state index in [9.17, 15) is 4.79 Å². The molecule has 1 unspecified atom stereocenters. The summed E-state index contributed by atoms with van der Waals surface area (Å²) in [6.07, 6.45) is 5.71. The van der Waals surface area contributed by atoms with Crippen molar-refractivity contribution in [2.24, 2.45) is 0 Å². The molecule has 1 saturated heterocycles. The lowest BCUT2D eigenvalue weighted by Crippen LogP contribution is -2.40. The van der Waals surface area contributed by atoms with Gasteiger partial charge in [0, 0.05) is 30.5 Å². The first-order valence-electron chi connectivity index (χ1n) is 6.23. The van der Waals surface area contributed by atoms with E-state index in [-0.39, 0.29) is 5.91 Å². The van der Waals surface area contributed by atoms with E-state index in [1.165, 1.54) is 12.8 Å². The summed E-state index contributed by atoms with van der Waals surface area (Å²) < 4.78 is 0. The number of amides is 1. The normalized spacial score (nSPS) is 20.4. The molecule has 2 heterocycles. The first kappa shape index (κ1) is 12.0. The number of aromatic nitrogens is 1. The summed E-state index contributed by atoms with van der Waals surface area (Å²) in [6.45, 7) is 5.14. The van der Waals surface area contributed by atoms with Gasteiger partial charge in [0.05, 0.1) is 0 Å². The first-order chi connectivity index (χ1) is 8.31. The molecule has 0 aliphatic carbocycles. The number of pyridine rings is 1. The Morgan fingerprint density at radius 2 is 2.29 bits per heavy atom. The molecule has 0 bridgehead atoms. The molecular weight excluding hydrogens is 214 g/mol. The molecule has 17 heavy (non-hydrogen) atoms. The van der Waals surface area contributed by atoms with Crippen molar-refractivity contribution in [1.82, 2.24) is 15.2 Å². The number of nitrogens with one attached hydrogen (secondary N) is 1. The zero-order chi connectivity index (χ0) is 12.1. The number of hydrogen-bond donors (Lipinski definition) is 1. The van der Waals surface area contributed by atoms with Crippen molar-refractivity contribution in [2.75, 3.05) is 19.6 Å². The average molecular weight is 233 g/mol. The summed E-state index contributed by atoms with van der Waals surface area (Å²) in [6, 6.07) is 3.98. The Morgan fingerprint density at radius 1 is 1.53 bits per heavy atom. The highest BCUT2D eigenvalue weighted by molar-refractivity contribution is 5.93. The minimum absolute atomic E-state index is 0.00430.